The number of rotatable bonds is 12. The Hall–Kier alpha value is -7.59. The van der Waals surface area contributed by atoms with E-state index in [9.17, 15) is 19.2 Å². The summed E-state index contributed by atoms with van der Waals surface area (Å²) in [6.45, 7) is 60.6. The lowest BCUT2D eigenvalue weighted by Gasteiger charge is -2.31. The van der Waals surface area contributed by atoms with Crippen LogP contribution in [0.5, 0.6) is 0 Å². The van der Waals surface area contributed by atoms with Crippen LogP contribution in [-0.2, 0) is 81.6 Å². The second-order valence-electron chi connectivity index (χ2n) is 18.7. The standard InChI is InChI=1S/C20H29N3O3.2C8H10.4C5H12.C3H6O.C2H6.5CH5N.9CH2O.4H3N/c1-15(20(26)23-12-8-5-9-13-23)21-19(25)18(22(3)16(2)24)14-17-10-6-4-7-11-17;2*1-2-8-6-4-3-5-7-8;4*1-4-5(2)3;1-3(2)4;15*1-2;;;;/h4,6-7,10-11,15,18H,5,8-9,12-14H2,1-3H3,(H,21,25);2*3-7H,2H2,1H3;4*5H,4H2,1-3H3;1-2H3;1-2H3;5*2H2,1H3;9*1H2;4*1H3/t15-,18-;;;;;;;;;;;;;;;;;;;;;;;;;;/m0........................../s1. The number of nitrogens with one attached hydrogen (secondary N) is 1. The summed E-state index contributed by atoms with van der Waals surface area (Å²) in [6.07, 6.45) is 11.1. The number of hydrogen-bond acceptors (Lipinski definition) is 22. The number of likely N-dealkylation sites (tertiary alicyclic amines) is 1. The van der Waals surface area contributed by atoms with Crippen LogP contribution in [0.3, 0.4) is 0 Å². The third kappa shape index (κ3) is 174. The Morgan fingerprint density at radius 2 is 0.590 bits per heavy atom. The van der Waals surface area contributed by atoms with Gasteiger partial charge in [-0.25, -0.2) is 0 Å². The lowest BCUT2D eigenvalue weighted by Crippen LogP contribution is -2.54. The maximum Gasteiger partial charge on any atom is 0.244 e. The van der Waals surface area contributed by atoms with Gasteiger partial charge in [-0.05, 0) is 128 Å². The smallest absolute Gasteiger partial charge is 0.244 e. The fraction of sp³-hybridized carbons (Fsp3) is 0.587. The number of carbonyl (C=O) groups is 13. The monoisotopic (exact) mass is 1440 g/mol. The second-order valence-corrected chi connectivity index (χ2v) is 18.7. The third-order valence-electron chi connectivity index (χ3n) is 10.7. The largest absolute Gasteiger partial charge is 0.344 e. The predicted molar refractivity (Wildman–Crippen MR) is 435 cm³/mol. The van der Waals surface area contributed by atoms with Gasteiger partial charge in [0.1, 0.15) is 79.0 Å². The molecule has 4 rings (SSSR count). The zero-order chi connectivity index (χ0) is 81.5. The number of nitrogens with zero attached hydrogens (tertiary/aromatic N) is 2. The number of Topliss-reactive ketones (excluding diaryl/α,β-unsaturated/α-hetero) is 1. The summed E-state index contributed by atoms with van der Waals surface area (Å²) >= 11 is 0. The first-order valence-corrected chi connectivity index (χ1v) is 32.0. The second kappa shape index (κ2) is 175. The van der Waals surface area contributed by atoms with Crippen LogP contribution in [0, 0.1) is 23.7 Å². The molecule has 25 heteroatoms. The van der Waals surface area contributed by atoms with Crippen molar-refractivity contribution < 1.29 is 62.3 Å². The van der Waals surface area contributed by atoms with E-state index in [-0.39, 0.29) is 48.1 Å². The van der Waals surface area contributed by atoms with Gasteiger partial charge in [0.05, 0.1) is 0 Å². The molecule has 0 saturated carbocycles. The van der Waals surface area contributed by atoms with Gasteiger partial charge in [-0.2, -0.15) is 0 Å². The molecule has 1 saturated heterocycles. The lowest BCUT2D eigenvalue weighted by atomic mass is 10.0. The molecule has 3 aromatic rings. The van der Waals surface area contributed by atoms with Gasteiger partial charge in [-0.15, -0.1) is 0 Å². The van der Waals surface area contributed by atoms with Crippen molar-refractivity contribution in [3.05, 3.63) is 108 Å². The van der Waals surface area contributed by atoms with Gasteiger partial charge < -0.3 is 116 Å². The van der Waals surface area contributed by atoms with E-state index in [0.717, 1.165) is 74.4 Å². The molecule has 2 atom stereocenters. The van der Waals surface area contributed by atoms with Crippen LogP contribution < -0.4 is 58.6 Å². The molecule has 1 aliphatic rings. The minimum Gasteiger partial charge on any atom is -0.344 e. The highest BCUT2D eigenvalue weighted by Crippen LogP contribution is 2.12. The first-order valence-electron chi connectivity index (χ1n) is 32.0. The molecule has 0 unspecified atom stereocenters. The van der Waals surface area contributed by atoms with E-state index in [1.807, 2.05) is 122 Å². The van der Waals surface area contributed by atoms with E-state index in [4.69, 9.17) is 43.2 Å². The quantitative estimate of drug-likeness (QED) is 0.0805. The van der Waals surface area contributed by atoms with Gasteiger partial charge >= 0.3 is 0 Å². The maximum absolute atomic E-state index is 12.8. The first-order chi connectivity index (χ1) is 46.1. The zero-order valence-electron chi connectivity index (χ0n) is 68.9. The number of carbonyl (C=O) groups excluding carboxylic acids is 13. The van der Waals surface area contributed by atoms with Crippen molar-refractivity contribution in [2.45, 2.75) is 215 Å². The highest BCUT2D eigenvalue weighted by atomic mass is 16.2. The summed E-state index contributed by atoms with van der Waals surface area (Å²) in [7, 11) is 9.12. The summed E-state index contributed by atoms with van der Waals surface area (Å²) in [5.74, 6) is 3.16. The molecular formula is C75H164N12O13. The molecule has 3 amide bonds. The Morgan fingerprint density at radius 3 is 0.750 bits per heavy atom. The Morgan fingerprint density at radius 1 is 0.400 bits per heavy atom. The van der Waals surface area contributed by atoms with Crippen molar-refractivity contribution in [3.63, 3.8) is 0 Å². The molecule has 0 spiro atoms. The molecule has 1 heterocycles. The van der Waals surface area contributed by atoms with Crippen LogP contribution in [0.25, 0.3) is 0 Å². The molecule has 1 aliphatic heterocycles. The Labute approximate surface area is 614 Å². The average Bonchev–Trinajstić information content (AvgIpc) is 0.897. The topological polar surface area (TPSA) is 511 Å². The highest BCUT2D eigenvalue weighted by molar-refractivity contribution is 5.91. The van der Waals surface area contributed by atoms with Gasteiger partial charge in [0, 0.05) is 33.5 Å². The molecule has 25 nitrogen and oxygen atoms in total. The van der Waals surface area contributed by atoms with Crippen LogP contribution in [0.1, 0.15) is 200 Å². The molecule has 0 aliphatic carbocycles. The summed E-state index contributed by atoms with van der Waals surface area (Å²) in [5.41, 5.74) is 26.3. The average molecular weight is 1440 g/mol. The van der Waals surface area contributed by atoms with Gasteiger partial charge in [0.25, 0.3) is 0 Å². The van der Waals surface area contributed by atoms with Crippen molar-refractivity contribution >= 4 is 84.6 Å². The van der Waals surface area contributed by atoms with Crippen LogP contribution in [-0.4, -0.2) is 162 Å². The Bertz CT molecular complexity index is 1650. The number of ketones is 1. The fourth-order valence-electron chi connectivity index (χ4n) is 4.65. The molecule has 0 aromatic heterocycles. The number of piperidine rings is 1. The number of hydrogen-bond donors (Lipinski definition) is 10. The van der Waals surface area contributed by atoms with Gasteiger partial charge in [-0.1, -0.05) is 227 Å². The van der Waals surface area contributed by atoms with E-state index in [2.05, 4.69) is 179 Å². The van der Waals surface area contributed by atoms with Crippen LogP contribution in [0.2, 0.25) is 0 Å². The van der Waals surface area contributed by atoms with Crippen LogP contribution >= 0.6 is 0 Å². The molecule has 0 bridgehead atoms. The summed E-state index contributed by atoms with van der Waals surface area (Å²) in [5, 5.41) is 2.81. The number of likely N-dealkylation sites (N-methyl/N-ethyl adjacent to an activating group) is 1. The van der Waals surface area contributed by atoms with Crippen molar-refractivity contribution in [1.82, 2.24) is 39.7 Å². The Kier molecular flexibility index (Phi) is 280. The van der Waals surface area contributed by atoms with E-state index >= 15 is 0 Å². The van der Waals surface area contributed by atoms with Gasteiger partial charge in [0.15, 0.2) is 0 Å². The van der Waals surface area contributed by atoms with Crippen LogP contribution in [0.4, 0.5) is 0 Å². The summed E-state index contributed by atoms with van der Waals surface area (Å²) < 4.78 is 0. The molecule has 602 valence electrons. The Balaban J connectivity index is -0.0000000327. The molecule has 3 aromatic carbocycles. The van der Waals surface area contributed by atoms with Crippen molar-refractivity contribution in [2.24, 2.45) is 52.3 Å². The number of aryl methyl sites for hydroxylation is 2. The first kappa shape index (κ1) is 160. The lowest BCUT2D eigenvalue weighted by molar-refractivity contribution is -0.140. The van der Waals surface area contributed by atoms with Crippen LogP contribution in [0.15, 0.2) is 91.0 Å². The van der Waals surface area contributed by atoms with Gasteiger partial charge in [0.2, 0.25) is 17.7 Å². The number of amides is 3. The van der Waals surface area contributed by atoms with Gasteiger partial charge in [-0.3, -0.25) is 14.4 Å². The minimum absolute atomic E-state index is 0. The normalized spacial score (nSPS) is 8.65. The third-order valence-corrected chi connectivity index (χ3v) is 10.7. The number of nitrogens with two attached hydrogens (primary N) is 5. The highest BCUT2D eigenvalue weighted by Gasteiger charge is 2.29. The maximum atomic E-state index is 12.8. The van der Waals surface area contributed by atoms with Crippen molar-refractivity contribution in [2.75, 3.05) is 55.4 Å². The summed E-state index contributed by atoms with van der Waals surface area (Å²) in [6, 6.07) is 29.2. The predicted octanol–water partition coefficient (Wildman–Crippen LogP) is 12.8. The number of benzene rings is 3. The van der Waals surface area contributed by atoms with E-state index in [1.165, 1.54) is 97.7 Å². The molecule has 100 heavy (non-hydrogen) atoms. The molecule has 23 N–H and O–H groups in total. The molecule has 0 radical (unpaired) electrons. The zero-order valence-corrected chi connectivity index (χ0v) is 68.9. The minimum atomic E-state index is -0.647. The van der Waals surface area contributed by atoms with Crippen molar-refractivity contribution in [3.8, 4) is 0 Å². The SMILES string of the molecule is C=O.C=O.C=O.C=O.C=O.C=O.C=O.C=O.C=O.CC.CC(=O)N(C)[C@@H](Cc1ccccc1)C(=O)N[C@@H](C)C(=O)N1CCCCC1.CC(C)=O.CCC(C)C.CCC(C)C.CCC(C)C.CCC(C)C.CCc1ccccc1.CCc1ccccc1.CN.CN.CN.CN.CN.N.N.N.N. The molecule has 1 fully saturated rings. The molecular weight excluding hydrogens is 1280 g/mol. The van der Waals surface area contributed by atoms with Crippen molar-refractivity contribution in [1.29, 1.82) is 0 Å². The fourth-order valence-corrected chi connectivity index (χ4v) is 4.65. The summed E-state index contributed by atoms with van der Waals surface area (Å²) in [4.78, 5) is 122. The van der Waals surface area contributed by atoms with E-state index in [1.54, 1.807) is 14.0 Å². The van der Waals surface area contributed by atoms with E-state index in [0.29, 0.717) is 6.42 Å². The van der Waals surface area contributed by atoms with E-state index < -0.39 is 12.1 Å².